The van der Waals surface area contributed by atoms with Crippen LogP contribution in [0.4, 0.5) is 0 Å². The van der Waals surface area contributed by atoms with Crippen molar-refractivity contribution in [2.24, 2.45) is 0 Å². The minimum Gasteiger partial charge on any atom is -0.352 e. The van der Waals surface area contributed by atoms with Crippen molar-refractivity contribution in [2.75, 3.05) is 0 Å². The van der Waals surface area contributed by atoms with Gasteiger partial charge in [-0.15, -0.1) is 0 Å². The first-order valence-electron chi connectivity index (χ1n) is 5.46. The smallest absolute Gasteiger partial charge is 0.220 e. The lowest BCUT2D eigenvalue weighted by molar-refractivity contribution is -0.121. The summed E-state index contributed by atoms with van der Waals surface area (Å²) in [6.45, 7) is 6.79. The number of rotatable bonds is 4. The monoisotopic (exact) mass is 205 g/mol. The molecule has 0 atom stereocenters. The molecular weight excluding hydrogens is 186 g/mol. The first kappa shape index (κ1) is 11.8. The SMILES string of the molecule is CCCC(=O)NCc1cc(C)ccc1C. The van der Waals surface area contributed by atoms with Crippen molar-refractivity contribution in [3.05, 3.63) is 34.9 Å². The van der Waals surface area contributed by atoms with Crippen molar-refractivity contribution in [1.29, 1.82) is 0 Å². The summed E-state index contributed by atoms with van der Waals surface area (Å²) in [7, 11) is 0. The number of amides is 1. The van der Waals surface area contributed by atoms with Crippen LogP contribution in [0.5, 0.6) is 0 Å². The quantitative estimate of drug-likeness (QED) is 0.804. The molecule has 0 radical (unpaired) electrons. The Morgan fingerprint density at radius 1 is 1.33 bits per heavy atom. The van der Waals surface area contributed by atoms with Crippen LogP contribution in [0.15, 0.2) is 18.2 Å². The molecule has 0 aliphatic rings. The van der Waals surface area contributed by atoms with Gasteiger partial charge in [0.15, 0.2) is 0 Å². The highest BCUT2D eigenvalue weighted by Crippen LogP contribution is 2.10. The lowest BCUT2D eigenvalue weighted by atomic mass is 10.1. The van der Waals surface area contributed by atoms with E-state index >= 15 is 0 Å². The third kappa shape index (κ3) is 3.74. The van der Waals surface area contributed by atoms with Crippen molar-refractivity contribution >= 4 is 5.91 Å². The molecular formula is C13H19NO. The molecule has 1 rings (SSSR count). The third-order valence-electron chi connectivity index (χ3n) is 2.46. The molecule has 0 aromatic heterocycles. The average Bonchev–Trinajstić information content (AvgIpc) is 2.20. The second-order valence-electron chi connectivity index (χ2n) is 3.96. The summed E-state index contributed by atoms with van der Waals surface area (Å²) in [5.74, 6) is 0.137. The van der Waals surface area contributed by atoms with Crippen LogP contribution < -0.4 is 5.32 Å². The second-order valence-corrected chi connectivity index (χ2v) is 3.96. The average molecular weight is 205 g/mol. The number of hydrogen-bond acceptors (Lipinski definition) is 1. The molecule has 1 aromatic carbocycles. The zero-order valence-corrected chi connectivity index (χ0v) is 9.76. The van der Waals surface area contributed by atoms with Gasteiger partial charge in [0.25, 0.3) is 0 Å². The minimum atomic E-state index is 0.137. The summed E-state index contributed by atoms with van der Waals surface area (Å²) >= 11 is 0. The van der Waals surface area contributed by atoms with Crippen LogP contribution in [0.3, 0.4) is 0 Å². The van der Waals surface area contributed by atoms with E-state index in [1.165, 1.54) is 16.7 Å². The van der Waals surface area contributed by atoms with Crippen LogP contribution in [0.1, 0.15) is 36.5 Å². The number of hydrogen-bond donors (Lipinski definition) is 1. The molecule has 0 saturated heterocycles. The Kier molecular flexibility index (Phi) is 4.35. The van der Waals surface area contributed by atoms with Gasteiger partial charge in [0.1, 0.15) is 0 Å². The molecule has 0 saturated carbocycles. The predicted molar refractivity (Wildman–Crippen MR) is 62.7 cm³/mol. The first-order valence-corrected chi connectivity index (χ1v) is 5.46. The molecule has 1 amide bonds. The molecule has 0 spiro atoms. The number of carbonyl (C=O) groups excluding carboxylic acids is 1. The van der Waals surface area contributed by atoms with E-state index in [9.17, 15) is 4.79 Å². The molecule has 1 aromatic rings. The lowest BCUT2D eigenvalue weighted by Gasteiger charge is -2.08. The second kappa shape index (κ2) is 5.54. The molecule has 0 aliphatic heterocycles. The summed E-state index contributed by atoms with van der Waals surface area (Å²) in [5, 5.41) is 2.93. The van der Waals surface area contributed by atoms with E-state index in [-0.39, 0.29) is 5.91 Å². The molecule has 0 unspecified atom stereocenters. The Hall–Kier alpha value is -1.31. The summed E-state index contributed by atoms with van der Waals surface area (Å²) in [5.41, 5.74) is 3.68. The highest BCUT2D eigenvalue weighted by atomic mass is 16.1. The zero-order chi connectivity index (χ0) is 11.3. The van der Waals surface area contributed by atoms with Crippen molar-refractivity contribution in [3.63, 3.8) is 0 Å². The maximum atomic E-state index is 11.3. The van der Waals surface area contributed by atoms with Crippen LogP contribution in [0.25, 0.3) is 0 Å². The maximum Gasteiger partial charge on any atom is 0.220 e. The minimum absolute atomic E-state index is 0.137. The van der Waals surface area contributed by atoms with Gasteiger partial charge in [0, 0.05) is 13.0 Å². The molecule has 82 valence electrons. The molecule has 0 bridgehead atoms. The van der Waals surface area contributed by atoms with Crippen LogP contribution >= 0.6 is 0 Å². The largest absolute Gasteiger partial charge is 0.352 e. The fourth-order valence-corrected chi connectivity index (χ4v) is 1.50. The Bertz CT molecular complexity index is 344. The van der Waals surface area contributed by atoms with Crippen molar-refractivity contribution in [3.8, 4) is 0 Å². The van der Waals surface area contributed by atoms with Gasteiger partial charge >= 0.3 is 0 Å². The van der Waals surface area contributed by atoms with Gasteiger partial charge in [-0.25, -0.2) is 0 Å². The van der Waals surface area contributed by atoms with Gasteiger partial charge in [0.2, 0.25) is 5.91 Å². The van der Waals surface area contributed by atoms with E-state index in [0.717, 1.165) is 6.42 Å². The maximum absolute atomic E-state index is 11.3. The van der Waals surface area contributed by atoms with E-state index in [0.29, 0.717) is 13.0 Å². The molecule has 0 aliphatic carbocycles. The number of benzene rings is 1. The summed E-state index contributed by atoms with van der Waals surface area (Å²) in [6, 6.07) is 6.31. The Morgan fingerprint density at radius 3 is 2.73 bits per heavy atom. The van der Waals surface area contributed by atoms with Crippen molar-refractivity contribution in [2.45, 2.75) is 40.2 Å². The van der Waals surface area contributed by atoms with Gasteiger partial charge in [-0.2, -0.15) is 0 Å². The molecule has 2 heteroatoms. The van der Waals surface area contributed by atoms with Gasteiger partial charge < -0.3 is 5.32 Å². The summed E-state index contributed by atoms with van der Waals surface area (Å²) < 4.78 is 0. The van der Waals surface area contributed by atoms with E-state index < -0.39 is 0 Å². The fourth-order valence-electron chi connectivity index (χ4n) is 1.50. The Labute approximate surface area is 91.7 Å². The van der Waals surface area contributed by atoms with Crippen molar-refractivity contribution in [1.82, 2.24) is 5.32 Å². The van der Waals surface area contributed by atoms with E-state index in [1.54, 1.807) is 0 Å². The molecule has 0 heterocycles. The first-order chi connectivity index (χ1) is 7.13. The van der Waals surface area contributed by atoms with Gasteiger partial charge in [0.05, 0.1) is 0 Å². The molecule has 0 fully saturated rings. The fraction of sp³-hybridized carbons (Fsp3) is 0.462. The van der Waals surface area contributed by atoms with Gasteiger partial charge in [-0.1, -0.05) is 30.7 Å². The summed E-state index contributed by atoms with van der Waals surface area (Å²) in [6.07, 6.45) is 1.52. The number of carbonyl (C=O) groups is 1. The zero-order valence-electron chi connectivity index (χ0n) is 9.76. The number of aryl methyl sites for hydroxylation is 2. The van der Waals surface area contributed by atoms with Gasteiger partial charge in [-0.3, -0.25) is 4.79 Å². The highest BCUT2D eigenvalue weighted by Gasteiger charge is 2.01. The molecule has 15 heavy (non-hydrogen) atoms. The standard InChI is InChI=1S/C13H19NO/c1-4-5-13(15)14-9-12-8-10(2)6-7-11(12)3/h6-8H,4-5,9H2,1-3H3,(H,14,15). The van der Waals surface area contributed by atoms with Crippen molar-refractivity contribution < 1.29 is 4.79 Å². The molecule has 1 N–H and O–H groups in total. The van der Waals surface area contributed by atoms with Crippen LogP contribution in [0.2, 0.25) is 0 Å². The molecule has 2 nitrogen and oxygen atoms in total. The van der Waals surface area contributed by atoms with Crippen LogP contribution in [-0.4, -0.2) is 5.91 Å². The van der Waals surface area contributed by atoms with E-state index in [2.05, 4.69) is 37.4 Å². The summed E-state index contributed by atoms with van der Waals surface area (Å²) in [4.78, 5) is 11.3. The number of nitrogens with one attached hydrogen (secondary N) is 1. The third-order valence-corrected chi connectivity index (χ3v) is 2.46. The van der Waals surface area contributed by atoms with E-state index in [4.69, 9.17) is 0 Å². The highest BCUT2D eigenvalue weighted by molar-refractivity contribution is 5.75. The topological polar surface area (TPSA) is 29.1 Å². The Morgan fingerprint density at radius 2 is 2.07 bits per heavy atom. The van der Waals surface area contributed by atoms with Crippen LogP contribution in [0, 0.1) is 13.8 Å². The Balaban J connectivity index is 2.57. The van der Waals surface area contributed by atoms with Crippen LogP contribution in [-0.2, 0) is 11.3 Å². The lowest BCUT2D eigenvalue weighted by Crippen LogP contribution is -2.22. The van der Waals surface area contributed by atoms with E-state index in [1.807, 2.05) is 6.92 Å². The normalized spacial score (nSPS) is 10.1. The van der Waals surface area contributed by atoms with Gasteiger partial charge in [-0.05, 0) is 31.4 Å². The predicted octanol–water partition coefficient (Wildman–Crippen LogP) is 2.72.